The van der Waals surface area contributed by atoms with Crippen LogP contribution in [0.3, 0.4) is 0 Å². The van der Waals surface area contributed by atoms with Crippen molar-refractivity contribution in [3.05, 3.63) is 0 Å². The Kier molecular flexibility index (Phi) is 5.17. The molecule has 0 aromatic rings. The lowest BCUT2D eigenvalue weighted by molar-refractivity contribution is -0.156. The van der Waals surface area contributed by atoms with Crippen LogP contribution in [0.2, 0.25) is 0 Å². The highest BCUT2D eigenvalue weighted by Crippen LogP contribution is 2.45. The van der Waals surface area contributed by atoms with E-state index in [1.54, 1.807) is 0 Å². The average Bonchev–Trinajstić information content (AvgIpc) is 2.48. The molecule has 5 nitrogen and oxygen atoms in total. The SMILES string of the molecule is CCCN1CCOC(C(NN)C2CCOC3(CCC3)C2)C1. The van der Waals surface area contributed by atoms with Crippen LogP contribution in [-0.4, -0.2) is 55.5 Å². The van der Waals surface area contributed by atoms with Crippen LogP contribution >= 0.6 is 0 Å². The van der Waals surface area contributed by atoms with Crippen molar-refractivity contribution in [1.29, 1.82) is 0 Å². The molecule has 3 N–H and O–H groups in total. The Bertz CT molecular complexity index is 333. The molecule has 3 aliphatic rings. The lowest BCUT2D eigenvalue weighted by atomic mass is 9.70. The van der Waals surface area contributed by atoms with Crippen LogP contribution in [-0.2, 0) is 9.47 Å². The third kappa shape index (κ3) is 3.42. The molecule has 122 valence electrons. The minimum absolute atomic E-state index is 0.176. The zero-order valence-electron chi connectivity index (χ0n) is 13.4. The normalized spacial score (nSPS) is 34.6. The maximum Gasteiger partial charge on any atom is 0.0871 e. The van der Waals surface area contributed by atoms with Gasteiger partial charge in [0.1, 0.15) is 0 Å². The second kappa shape index (κ2) is 6.92. The van der Waals surface area contributed by atoms with Crippen molar-refractivity contribution < 1.29 is 9.47 Å². The molecule has 1 saturated carbocycles. The molecule has 3 fully saturated rings. The summed E-state index contributed by atoms with van der Waals surface area (Å²) in [6.07, 6.45) is 7.45. The van der Waals surface area contributed by atoms with Gasteiger partial charge in [-0.05, 0) is 51.0 Å². The summed E-state index contributed by atoms with van der Waals surface area (Å²) < 4.78 is 12.1. The quantitative estimate of drug-likeness (QED) is 0.591. The largest absolute Gasteiger partial charge is 0.375 e. The van der Waals surface area contributed by atoms with Gasteiger partial charge in [0.15, 0.2) is 0 Å². The second-order valence-electron chi connectivity index (χ2n) is 7.04. The average molecular weight is 297 g/mol. The highest BCUT2D eigenvalue weighted by Gasteiger charge is 2.46. The van der Waals surface area contributed by atoms with Crippen LogP contribution in [0, 0.1) is 5.92 Å². The number of hydrazine groups is 1. The fourth-order valence-electron chi connectivity index (χ4n) is 4.31. The summed E-state index contributed by atoms with van der Waals surface area (Å²) in [6.45, 7) is 7.18. The molecule has 0 radical (unpaired) electrons. The predicted octanol–water partition coefficient (Wildman–Crippen LogP) is 1.28. The van der Waals surface area contributed by atoms with E-state index < -0.39 is 0 Å². The molecule has 2 heterocycles. The second-order valence-corrected chi connectivity index (χ2v) is 7.04. The number of rotatable bonds is 5. The standard InChI is InChI=1S/C16H31N3O2/c1-2-7-19-8-10-20-14(12-19)15(18-17)13-4-9-21-16(11-13)5-3-6-16/h13-15,18H,2-12,17H2,1H3. The van der Waals surface area contributed by atoms with E-state index in [4.69, 9.17) is 15.3 Å². The van der Waals surface area contributed by atoms with Gasteiger partial charge in [-0.3, -0.25) is 16.2 Å². The minimum atomic E-state index is 0.176. The Morgan fingerprint density at radius 2 is 2.24 bits per heavy atom. The number of hydrogen-bond acceptors (Lipinski definition) is 5. The van der Waals surface area contributed by atoms with Crippen LogP contribution in [0.1, 0.15) is 45.4 Å². The Labute approximate surface area is 128 Å². The van der Waals surface area contributed by atoms with Gasteiger partial charge in [0.25, 0.3) is 0 Å². The number of nitrogens with one attached hydrogen (secondary N) is 1. The zero-order valence-corrected chi connectivity index (χ0v) is 13.4. The first kappa shape index (κ1) is 15.7. The molecular formula is C16H31N3O2. The van der Waals surface area contributed by atoms with Crippen molar-refractivity contribution in [2.24, 2.45) is 11.8 Å². The lowest BCUT2D eigenvalue weighted by Gasteiger charge is -2.50. The van der Waals surface area contributed by atoms with Gasteiger partial charge in [0.2, 0.25) is 0 Å². The molecule has 0 bridgehead atoms. The topological polar surface area (TPSA) is 59.8 Å². The Hall–Kier alpha value is -0.200. The van der Waals surface area contributed by atoms with Crippen LogP contribution < -0.4 is 11.3 Å². The fourth-order valence-corrected chi connectivity index (χ4v) is 4.31. The van der Waals surface area contributed by atoms with Crippen LogP contribution in [0.4, 0.5) is 0 Å². The van der Waals surface area contributed by atoms with Crippen molar-refractivity contribution in [3.63, 3.8) is 0 Å². The van der Waals surface area contributed by atoms with E-state index in [2.05, 4.69) is 17.2 Å². The first-order valence-corrected chi connectivity index (χ1v) is 8.70. The summed E-state index contributed by atoms with van der Waals surface area (Å²) in [5, 5.41) is 0. The van der Waals surface area contributed by atoms with E-state index in [-0.39, 0.29) is 17.7 Å². The van der Waals surface area contributed by atoms with E-state index in [1.807, 2.05) is 0 Å². The first-order chi connectivity index (χ1) is 10.3. The summed E-state index contributed by atoms with van der Waals surface area (Å²) in [4.78, 5) is 2.51. The van der Waals surface area contributed by atoms with E-state index in [9.17, 15) is 0 Å². The number of hydrogen-bond donors (Lipinski definition) is 2. The molecule has 0 aromatic heterocycles. The Balaban J connectivity index is 1.60. The number of ether oxygens (including phenoxy) is 2. The Morgan fingerprint density at radius 3 is 2.90 bits per heavy atom. The van der Waals surface area contributed by atoms with Crippen molar-refractivity contribution in [2.45, 2.75) is 63.2 Å². The molecule has 3 rings (SSSR count). The first-order valence-electron chi connectivity index (χ1n) is 8.70. The van der Waals surface area contributed by atoms with Crippen LogP contribution in [0.5, 0.6) is 0 Å². The van der Waals surface area contributed by atoms with Gasteiger partial charge in [0.05, 0.1) is 24.4 Å². The van der Waals surface area contributed by atoms with Gasteiger partial charge in [-0.25, -0.2) is 0 Å². The van der Waals surface area contributed by atoms with Crippen molar-refractivity contribution in [1.82, 2.24) is 10.3 Å². The molecule has 1 aliphatic carbocycles. The molecule has 3 atom stereocenters. The lowest BCUT2D eigenvalue weighted by Crippen LogP contribution is -2.59. The Morgan fingerprint density at radius 1 is 1.38 bits per heavy atom. The molecule has 2 aliphatic heterocycles. The molecular weight excluding hydrogens is 266 g/mol. The van der Waals surface area contributed by atoms with E-state index in [0.717, 1.165) is 45.7 Å². The molecule has 5 heteroatoms. The number of nitrogens with two attached hydrogens (primary N) is 1. The highest BCUT2D eigenvalue weighted by molar-refractivity contribution is 4.98. The molecule has 21 heavy (non-hydrogen) atoms. The van der Waals surface area contributed by atoms with Gasteiger partial charge < -0.3 is 9.47 Å². The van der Waals surface area contributed by atoms with Gasteiger partial charge in [-0.2, -0.15) is 0 Å². The fraction of sp³-hybridized carbons (Fsp3) is 1.00. The van der Waals surface area contributed by atoms with E-state index in [1.165, 1.54) is 25.7 Å². The number of nitrogens with zero attached hydrogens (tertiary/aromatic N) is 1. The molecule has 3 unspecified atom stereocenters. The predicted molar refractivity (Wildman–Crippen MR) is 82.8 cm³/mol. The minimum Gasteiger partial charge on any atom is -0.375 e. The summed E-state index contributed by atoms with van der Waals surface area (Å²) in [5.41, 5.74) is 3.26. The van der Waals surface area contributed by atoms with Crippen molar-refractivity contribution in [2.75, 3.05) is 32.8 Å². The van der Waals surface area contributed by atoms with Crippen molar-refractivity contribution >= 4 is 0 Å². The summed E-state index contributed by atoms with van der Waals surface area (Å²) in [7, 11) is 0. The third-order valence-electron chi connectivity index (χ3n) is 5.61. The van der Waals surface area contributed by atoms with Crippen LogP contribution in [0.15, 0.2) is 0 Å². The number of morpholine rings is 1. The van der Waals surface area contributed by atoms with Gasteiger partial charge >= 0.3 is 0 Å². The smallest absolute Gasteiger partial charge is 0.0871 e. The monoisotopic (exact) mass is 297 g/mol. The van der Waals surface area contributed by atoms with Crippen LogP contribution in [0.25, 0.3) is 0 Å². The molecule has 0 amide bonds. The van der Waals surface area contributed by atoms with Gasteiger partial charge in [-0.1, -0.05) is 6.92 Å². The maximum absolute atomic E-state index is 6.06. The molecule has 2 saturated heterocycles. The third-order valence-corrected chi connectivity index (χ3v) is 5.61. The zero-order chi connectivity index (χ0) is 14.7. The summed E-state index contributed by atoms with van der Waals surface area (Å²) >= 11 is 0. The van der Waals surface area contributed by atoms with E-state index >= 15 is 0 Å². The maximum atomic E-state index is 6.06. The van der Waals surface area contributed by atoms with Gasteiger partial charge in [-0.15, -0.1) is 0 Å². The summed E-state index contributed by atoms with van der Waals surface area (Å²) in [6, 6.07) is 0.256. The molecule has 0 aromatic carbocycles. The molecule has 1 spiro atoms. The van der Waals surface area contributed by atoms with Crippen molar-refractivity contribution in [3.8, 4) is 0 Å². The highest BCUT2D eigenvalue weighted by atomic mass is 16.5. The summed E-state index contributed by atoms with van der Waals surface area (Å²) in [5.74, 6) is 6.49. The van der Waals surface area contributed by atoms with E-state index in [0.29, 0.717) is 5.92 Å². The van der Waals surface area contributed by atoms with Gasteiger partial charge in [0, 0.05) is 19.7 Å².